The molecule has 2 heterocycles. The van der Waals surface area contributed by atoms with Crippen LogP contribution in [0.1, 0.15) is 27.9 Å². The monoisotopic (exact) mass is 356 g/mol. The number of pyridine rings is 1. The van der Waals surface area contributed by atoms with Crippen molar-refractivity contribution in [3.05, 3.63) is 53.2 Å². The zero-order chi connectivity index (χ0) is 18.6. The third-order valence-electron chi connectivity index (χ3n) is 3.49. The Balaban J connectivity index is 2.61. The number of azo groups is 1. The normalized spacial score (nSPS) is 11.9. The average Bonchev–Trinajstić information content (AvgIpc) is 2.90. The van der Waals surface area contributed by atoms with Crippen LogP contribution in [0.25, 0.3) is 10.2 Å². The van der Waals surface area contributed by atoms with Crippen molar-refractivity contribution in [1.29, 1.82) is 0 Å². The first-order chi connectivity index (χ1) is 11.9. The zero-order valence-corrected chi connectivity index (χ0v) is 15.3. The fourth-order valence-corrected chi connectivity index (χ4v) is 3.43. The summed E-state index contributed by atoms with van der Waals surface area (Å²) in [5.41, 5.74) is 9.26. The van der Waals surface area contributed by atoms with Crippen molar-refractivity contribution >= 4 is 38.9 Å². The molecule has 25 heavy (non-hydrogen) atoms. The molecule has 0 aliphatic carbocycles. The molecule has 6 nitrogen and oxygen atoms in total. The van der Waals surface area contributed by atoms with Gasteiger partial charge in [-0.25, -0.2) is 9.78 Å². The number of nitrogen functional groups attached to an aromatic ring is 1. The summed E-state index contributed by atoms with van der Waals surface area (Å²) in [6, 6.07) is 0. The highest BCUT2D eigenvalue weighted by Gasteiger charge is 2.22. The number of anilines is 1. The number of allylic oxidation sites excluding steroid dienone is 3. The van der Waals surface area contributed by atoms with Crippen molar-refractivity contribution in [3.63, 3.8) is 0 Å². The quantitative estimate of drug-likeness (QED) is 0.447. The highest BCUT2D eigenvalue weighted by molar-refractivity contribution is 7.21. The number of nitrogens with two attached hydrogens (primary N) is 1. The van der Waals surface area contributed by atoms with Crippen LogP contribution in [-0.4, -0.2) is 17.6 Å². The fourth-order valence-electron chi connectivity index (χ4n) is 2.33. The van der Waals surface area contributed by atoms with E-state index in [2.05, 4.69) is 28.4 Å². The van der Waals surface area contributed by atoms with Gasteiger partial charge in [-0.15, -0.1) is 16.5 Å². The minimum absolute atomic E-state index is 0.289. The number of nitrogens with zero attached hydrogens (tertiary/aromatic N) is 3. The number of rotatable bonds is 6. The molecule has 2 aromatic rings. The molecule has 2 aromatic heterocycles. The molecule has 0 amide bonds. The van der Waals surface area contributed by atoms with Gasteiger partial charge in [0.2, 0.25) is 0 Å². The van der Waals surface area contributed by atoms with Gasteiger partial charge in [-0.1, -0.05) is 19.2 Å². The molecule has 0 radical (unpaired) electrons. The minimum Gasteiger partial charge on any atom is -0.462 e. The molecule has 130 valence electrons. The number of ether oxygens (including phenoxy) is 1. The largest absolute Gasteiger partial charge is 0.462 e. The van der Waals surface area contributed by atoms with Crippen LogP contribution in [0.3, 0.4) is 0 Å². The summed E-state index contributed by atoms with van der Waals surface area (Å²) < 4.78 is 5.05. The number of aromatic nitrogens is 1. The number of hydrogen-bond acceptors (Lipinski definition) is 7. The molecule has 0 saturated carbocycles. The predicted octanol–water partition coefficient (Wildman–Crippen LogP) is 5.01. The number of thiophene rings is 1. The lowest BCUT2D eigenvalue weighted by Crippen LogP contribution is -2.04. The van der Waals surface area contributed by atoms with Crippen LogP contribution >= 0.6 is 11.3 Å². The molecular weight excluding hydrogens is 336 g/mol. The Hall–Kier alpha value is -2.80. The van der Waals surface area contributed by atoms with Crippen LogP contribution in [0.15, 0.2) is 47.3 Å². The second kappa shape index (κ2) is 7.85. The van der Waals surface area contributed by atoms with E-state index in [1.165, 1.54) is 11.3 Å². The summed E-state index contributed by atoms with van der Waals surface area (Å²) in [6.07, 6.45) is 4.89. The van der Waals surface area contributed by atoms with Gasteiger partial charge >= 0.3 is 5.97 Å². The number of carbonyl (C=O) groups excluding carboxylic acids is 1. The number of aryl methyl sites for hydroxylation is 2. The summed E-state index contributed by atoms with van der Waals surface area (Å²) in [6.45, 7) is 13.1. The Morgan fingerprint density at radius 2 is 2.12 bits per heavy atom. The third-order valence-corrected chi connectivity index (χ3v) is 4.57. The van der Waals surface area contributed by atoms with E-state index in [9.17, 15) is 4.79 Å². The lowest BCUT2D eigenvalue weighted by Gasteiger charge is -2.06. The lowest BCUT2D eigenvalue weighted by atomic mass is 10.1. The van der Waals surface area contributed by atoms with Gasteiger partial charge in [0.1, 0.15) is 15.4 Å². The molecule has 0 unspecified atom stereocenters. The highest BCUT2D eigenvalue weighted by atomic mass is 32.1. The van der Waals surface area contributed by atoms with Gasteiger partial charge in [0, 0.05) is 5.39 Å². The van der Waals surface area contributed by atoms with Crippen LogP contribution in [0, 0.1) is 13.8 Å². The molecule has 0 aliphatic heterocycles. The van der Waals surface area contributed by atoms with Gasteiger partial charge in [0.05, 0.1) is 23.7 Å². The molecule has 2 rings (SSSR count). The standard InChI is InChI=1S/C18H20N4O2S/c1-6-9-12(7-2)21-22-15-10(4)13-14(19)16(18(23)24-8-3)25-17(13)20-11(15)5/h6-7,9H,1-2,8,19H2,3-5H3. The molecule has 0 spiro atoms. The molecular formula is C18H20N4O2S. The topological polar surface area (TPSA) is 89.9 Å². The first-order valence-electron chi connectivity index (χ1n) is 7.67. The maximum Gasteiger partial charge on any atom is 0.350 e. The molecule has 0 aromatic carbocycles. The van der Waals surface area contributed by atoms with Crippen molar-refractivity contribution in [2.24, 2.45) is 10.2 Å². The van der Waals surface area contributed by atoms with E-state index in [1.807, 2.05) is 13.8 Å². The smallest absolute Gasteiger partial charge is 0.350 e. The first kappa shape index (κ1) is 18.5. The van der Waals surface area contributed by atoms with E-state index >= 15 is 0 Å². The fraction of sp³-hybridized carbons (Fsp3) is 0.222. The Morgan fingerprint density at radius 1 is 1.40 bits per heavy atom. The van der Waals surface area contributed by atoms with E-state index in [4.69, 9.17) is 10.5 Å². The molecule has 7 heteroatoms. The van der Waals surface area contributed by atoms with Crippen molar-refractivity contribution < 1.29 is 9.53 Å². The maximum atomic E-state index is 12.1. The minimum atomic E-state index is -0.439. The SMILES string of the molecule is C=CC=C(C=C)N=Nc1c(C)nc2sc(C(=O)OCC)c(N)c2c1C. The summed E-state index contributed by atoms with van der Waals surface area (Å²) in [4.78, 5) is 17.6. The maximum absolute atomic E-state index is 12.1. The van der Waals surface area contributed by atoms with Crippen LogP contribution < -0.4 is 5.73 Å². The average molecular weight is 356 g/mol. The van der Waals surface area contributed by atoms with E-state index in [-0.39, 0.29) is 6.61 Å². The van der Waals surface area contributed by atoms with Crippen LogP contribution in [0.4, 0.5) is 11.4 Å². The number of fused-ring (bicyclic) bond motifs is 1. The number of carbonyl (C=O) groups is 1. The molecule has 0 fully saturated rings. The highest BCUT2D eigenvalue weighted by Crippen LogP contribution is 2.39. The van der Waals surface area contributed by atoms with Crippen molar-refractivity contribution in [1.82, 2.24) is 4.98 Å². The van der Waals surface area contributed by atoms with Crippen molar-refractivity contribution in [3.8, 4) is 0 Å². The van der Waals surface area contributed by atoms with Gasteiger partial charge < -0.3 is 10.5 Å². The number of hydrogen-bond donors (Lipinski definition) is 1. The molecule has 0 bridgehead atoms. The van der Waals surface area contributed by atoms with Crippen molar-refractivity contribution in [2.75, 3.05) is 12.3 Å². The Morgan fingerprint density at radius 3 is 2.72 bits per heavy atom. The second-order valence-electron chi connectivity index (χ2n) is 5.15. The zero-order valence-electron chi connectivity index (χ0n) is 14.5. The van der Waals surface area contributed by atoms with E-state index in [0.717, 1.165) is 5.56 Å². The van der Waals surface area contributed by atoms with Crippen LogP contribution in [0.5, 0.6) is 0 Å². The third kappa shape index (κ3) is 3.66. The predicted molar refractivity (Wildman–Crippen MR) is 102 cm³/mol. The Labute approximate surface area is 150 Å². The summed E-state index contributed by atoms with van der Waals surface area (Å²) in [5.74, 6) is -0.439. The second-order valence-corrected chi connectivity index (χ2v) is 6.15. The molecule has 0 aliphatic rings. The van der Waals surface area contributed by atoms with Crippen molar-refractivity contribution in [2.45, 2.75) is 20.8 Å². The van der Waals surface area contributed by atoms with Gasteiger partial charge in [-0.05, 0) is 38.5 Å². The summed E-state index contributed by atoms with van der Waals surface area (Å²) >= 11 is 1.22. The summed E-state index contributed by atoms with van der Waals surface area (Å²) in [7, 11) is 0. The van der Waals surface area contributed by atoms with Gasteiger partial charge in [0.25, 0.3) is 0 Å². The van der Waals surface area contributed by atoms with Gasteiger partial charge in [0.15, 0.2) is 0 Å². The number of esters is 1. The van der Waals surface area contributed by atoms with Gasteiger partial charge in [-0.3, -0.25) is 0 Å². The van der Waals surface area contributed by atoms with Crippen LogP contribution in [0.2, 0.25) is 0 Å². The first-order valence-corrected chi connectivity index (χ1v) is 8.49. The Bertz CT molecular complexity index is 910. The Kier molecular flexibility index (Phi) is 5.82. The van der Waals surface area contributed by atoms with Crippen LogP contribution in [-0.2, 0) is 4.74 Å². The lowest BCUT2D eigenvalue weighted by molar-refractivity contribution is 0.0533. The van der Waals surface area contributed by atoms with E-state index < -0.39 is 5.97 Å². The molecule has 2 N–H and O–H groups in total. The van der Waals surface area contributed by atoms with Gasteiger partial charge in [-0.2, -0.15) is 5.11 Å². The van der Waals surface area contributed by atoms with E-state index in [1.54, 1.807) is 25.2 Å². The van der Waals surface area contributed by atoms with E-state index in [0.29, 0.717) is 37.9 Å². The molecule has 0 atom stereocenters. The molecule has 0 saturated heterocycles. The summed E-state index contributed by atoms with van der Waals surface area (Å²) in [5, 5.41) is 9.15.